The first-order chi connectivity index (χ1) is 4.81. The van der Waals surface area contributed by atoms with Crippen LogP contribution in [0.25, 0.3) is 0 Å². The highest BCUT2D eigenvalue weighted by Gasteiger charge is 1.85. The highest BCUT2D eigenvalue weighted by atomic mass is 15.0. The highest BCUT2D eigenvalue weighted by Crippen LogP contribution is 1.83. The van der Waals surface area contributed by atoms with Crippen LogP contribution >= 0.6 is 0 Å². The van der Waals surface area contributed by atoms with Crippen LogP contribution in [0, 0.1) is 0 Å². The zero-order valence-corrected chi connectivity index (χ0v) is 6.56. The van der Waals surface area contributed by atoms with E-state index in [9.17, 15) is 0 Å². The Bertz CT molecular complexity index is 99.0. The van der Waals surface area contributed by atoms with Crippen molar-refractivity contribution in [3.63, 3.8) is 0 Å². The van der Waals surface area contributed by atoms with E-state index >= 15 is 0 Å². The first-order valence-electron chi connectivity index (χ1n) is 3.67. The van der Waals surface area contributed by atoms with E-state index in [1.54, 1.807) is 0 Å². The monoisotopic (exact) mass is 143 g/mol. The molecule has 0 saturated carbocycles. The molecule has 0 aliphatic heterocycles. The minimum absolute atomic E-state index is 0.747. The van der Waals surface area contributed by atoms with Gasteiger partial charge in [0.05, 0.1) is 5.82 Å². The summed E-state index contributed by atoms with van der Waals surface area (Å²) in [7, 11) is 0. The highest BCUT2D eigenvalue weighted by molar-refractivity contribution is 4.89. The van der Waals surface area contributed by atoms with Crippen LogP contribution in [0.1, 0.15) is 19.8 Å². The summed E-state index contributed by atoms with van der Waals surface area (Å²) in [5.74, 6) is 0.747. The number of rotatable bonds is 5. The molecule has 10 heavy (non-hydrogen) atoms. The van der Waals surface area contributed by atoms with Crippen LogP contribution < -0.4 is 16.8 Å². The molecule has 0 bridgehead atoms. The van der Waals surface area contributed by atoms with Crippen molar-refractivity contribution < 1.29 is 0 Å². The molecule has 0 aliphatic rings. The van der Waals surface area contributed by atoms with E-state index in [1.165, 1.54) is 0 Å². The van der Waals surface area contributed by atoms with Crippen LogP contribution in [0.5, 0.6) is 0 Å². The lowest BCUT2D eigenvalue weighted by atomic mass is 10.3. The van der Waals surface area contributed by atoms with Gasteiger partial charge in [-0.1, -0.05) is 0 Å². The van der Waals surface area contributed by atoms with Crippen LogP contribution in [0.4, 0.5) is 0 Å². The summed E-state index contributed by atoms with van der Waals surface area (Å²) in [6.45, 7) is 3.59. The zero-order valence-electron chi connectivity index (χ0n) is 6.56. The fourth-order valence-corrected chi connectivity index (χ4v) is 0.604. The third-order valence-electron chi connectivity index (χ3n) is 1.27. The van der Waals surface area contributed by atoms with Crippen molar-refractivity contribution in [3.05, 3.63) is 11.9 Å². The van der Waals surface area contributed by atoms with Gasteiger partial charge in [-0.25, -0.2) is 0 Å². The molecule has 0 amide bonds. The zero-order chi connectivity index (χ0) is 7.82. The first-order valence-corrected chi connectivity index (χ1v) is 3.67. The van der Waals surface area contributed by atoms with Crippen LogP contribution in [0.3, 0.4) is 0 Å². The Labute approximate surface area is 62.5 Å². The van der Waals surface area contributed by atoms with Gasteiger partial charge in [0, 0.05) is 6.54 Å². The summed E-state index contributed by atoms with van der Waals surface area (Å²) < 4.78 is 0. The molecular formula is C7H17N3. The van der Waals surface area contributed by atoms with Crippen molar-refractivity contribution >= 4 is 0 Å². The molecule has 0 unspecified atom stereocenters. The fraction of sp³-hybridized carbons (Fsp3) is 0.714. The van der Waals surface area contributed by atoms with E-state index in [2.05, 4.69) is 5.32 Å². The van der Waals surface area contributed by atoms with E-state index in [0.29, 0.717) is 0 Å². The Morgan fingerprint density at radius 1 is 1.50 bits per heavy atom. The maximum absolute atomic E-state index is 5.47. The number of hydrogen-bond acceptors (Lipinski definition) is 3. The Hall–Kier alpha value is -0.700. The van der Waals surface area contributed by atoms with Gasteiger partial charge in [-0.2, -0.15) is 0 Å². The molecule has 0 saturated heterocycles. The van der Waals surface area contributed by atoms with Crippen molar-refractivity contribution in [1.82, 2.24) is 5.32 Å². The van der Waals surface area contributed by atoms with Gasteiger partial charge < -0.3 is 16.8 Å². The van der Waals surface area contributed by atoms with Gasteiger partial charge in [0.15, 0.2) is 0 Å². The molecule has 5 N–H and O–H groups in total. The van der Waals surface area contributed by atoms with E-state index in [4.69, 9.17) is 11.5 Å². The quantitative estimate of drug-likeness (QED) is 0.479. The summed E-state index contributed by atoms with van der Waals surface area (Å²) in [6.07, 6.45) is 4.00. The van der Waals surface area contributed by atoms with Crippen LogP contribution in [-0.2, 0) is 0 Å². The molecule has 0 heterocycles. The molecule has 0 spiro atoms. The third kappa shape index (κ3) is 5.44. The molecule has 60 valence electrons. The van der Waals surface area contributed by atoms with Gasteiger partial charge in [0.2, 0.25) is 0 Å². The normalized spacial score (nSPS) is 11.6. The van der Waals surface area contributed by atoms with Gasteiger partial charge in [0.25, 0.3) is 0 Å². The third-order valence-corrected chi connectivity index (χ3v) is 1.27. The van der Waals surface area contributed by atoms with Crippen LogP contribution in [0.15, 0.2) is 11.9 Å². The minimum atomic E-state index is 0.747. The van der Waals surface area contributed by atoms with Crippen molar-refractivity contribution in [3.8, 4) is 0 Å². The smallest absolute Gasteiger partial charge is 0.0916 e. The molecule has 3 nitrogen and oxygen atoms in total. The van der Waals surface area contributed by atoms with E-state index in [0.717, 1.165) is 31.8 Å². The number of hydrogen-bond donors (Lipinski definition) is 3. The molecule has 3 heteroatoms. The second-order valence-electron chi connectivity index (χ2n) is 2.17. The second-order valence-corrected chi connectivity index (χ2v) is 2.17. The predicted octanol–water partition coefficient (Wildman–Crippen LogP) is 0.135. The number of unbranched alkanes of at least 4 members (excludes halogenated alkanes) is 1. The van der Waals surface area contributed by atoms with E-state index in [-0.39, 0.29) is 0 Å². The molecule has 0 aromatic carbocycles. The average Bonchev–Trinajstić information content (AvgIpc) is 1.98. The minimum Gasteiger partial charge on any atom is -0.386 e. The molecular weight excluding hydrogens is 126 g/mol. The molecule has 0 radical (unpaired) electrons. The topological polar surface area (TPSA) is 64.1 Å². The Morgan fingerprint density at radius 3 is 2.70 bits per heavy atom. The Balaban J connectivity index is 3.04. The second kappa shape index (κ2) is 6.42. The van der Waals surface area contributed by atoms with Gasteiger partial charge in [-0.15, -0.1) is 0 Å². The summed E-state index contributed by atoms with van der Waals surface area (Å²) in [5.41, 5.74) is 10.8. The van der Waals surface area contributed by atoms with Crippen molar-refractivity contribution in [2.24, 2.45) is 11.5 Å². The largest absolute Gasteiger partial charge is 0.386 e. The van der Waals surface area contributed by atoms with Crippen molar-refractivity contribution in [2.75, 3.05) is 13.1 Å². The number of allylic oxidation sites excluding steroid dienone is 1. The van der Waals surface area contributed by atoms with E-state index in [1.807, 2.05) is 13.0 Å². The summed E-state index contributed by atoms with van der Waals surface area (Å²) >= 11 is 0. The van der Waals surface area contributed by atoms with Gasteiger partial charge in [-0.05, 0) is 32.4 Å². The lowest BCUT2D eigenvalue weighted by Gasteiger charge is -2.03. The first kappa shape index (κ1) is 9.30. The maximum atomic E-state index is 5.47. The molecule has 0 atom stereocenters. The Kier molecular flexibility index (Phi) is 5.97. The Morgan fingerprint density at radius 2 is 2.20 bits per heavy atom. The molecule has 0 aromatic rings. The van der Waals surface area contributed by atoms with Crippen LogP contribution in [0.2, 0.25) is 0 Å². The molecule has 0 aromatic heterocycles. The van der Waals surface area contributed by atoms with Crippen molar-refractivity contribution in [1.29, 1.82) is 0 Å². The van der Waals surface area contributed by atoms with Gasteiger partial charge >= 0.3 is 0 Å². The molecule has 0 rings (SSSR count). The maximum Gasteiger partial charge on any atom is 0.0916 e. The van der Waals surface area contributed by atoms with Gasteiger partial charge in [-0.3, -0.25) is 0 Å². The standard InChI is InChI=1S/C7H17N3/c1-2-7(9)10-6-4-3-5-8/h2,10H,3-6,8-9H2,1H3. The summed E-state index contributed by atoms with van der Waals surface area (Å²) in [4.78, 5) is 0. The lowest BCUT2D eigenvalue weighted by molar-refractivity contribution is 0.680. The SMILES string of the molecule is CC=C(N)NCCCCN. The molecule has 0 fully saturated rings. The average molecular weight is 143 g/mol. The van der Waals surface area contributed by atoms with Gasteiger partial charge in [0.1, 0.15) is 0 Å². The summed E-state index contributed by atoms with van der Waals surface area (Å²) in [6, 6.07) is 0. The lowest BCUT2D eigenvalue weighted by Crippen LogP contribution is -2.21. The fourth-order valence-electron chi connectivity index (χ4n) is 0.604. The van der Waals surface area contributed by atoms with E-state index < -0.39 is 0 Å². The predicted molar refractivity (Wildman–Crippen MR) is 44.2 cm³/mol. The van der Waals surface area contributed by atoms with Crippen LogP contribution in [-0.4, -0.2) is 13.1 Å². The molecule has 0 aliphatic carbocycles. The summed E-state index contributed by atoms with van der Waals surface area (Å²) in [5, 5.41) is 3.05. The number of nitrogens with one attached hydrogen (secondary N) is 1. The van der Waals surface area contributed by atoms with Crippen molar-refractivity contribution in [2.45, 2.75) is 19.8 Å². The number of nitrogens with two attached hydrogens (primary N) is 2.